The number of thiocyanates is 1. The van der Waals surface area contributed by atoms with Crippen molar-refractivity contribution in [2.45, 2.75) is 0 Å². The van der Waals surface area contributed by atoms with Crippen molar-refractivity contribution in [3.8, 4) is 5.40 Å². The molecule has 5 heavy (non-hydrogen) atoms. The van der Waals surface area contributed by atoms with E-state index in [0.29, 0.717) is 0 Å². The monoisotopic (exact) mass is 83.0 g/mol. The van der Waals surface area contributed by atoms with Gasteiger partial charge in [0.15, 0.2) is 0 Å². The van der Waals surface area contributed by atoms with Gasteiger partial charge in [-0.25, -0.2) is 5.26 Å². The molecule has 0 aliphatic heterocycles. The van der Waals surface area contributed by atoms with Gasteiger partial charge in [-0.3, -0.25) is 0 Å². The minimum absolute atomic E-state index is 0. The van der Waals surface area contributed by atoms with Crippen LogP contribution in [0.15, 0.2) is 0 Å². The molecule has 0 fully saturated rings. The Hall–Kier alpha value is 0.267. The summed E-state index contributed by atoms with van der Waals surface area (Å²) in [5.41, 5.74) is 0. The van der Waals surface area contributed by atoms with Crippen molar-refractivity contribution in [2.24, 2.45) is 0 Å². The maximum atomic E-state index is 7.13. The smallest absolute Gasteiger partial charge is 0.696 e. The molecule has 0 spiro atoms. The van der Waals surface area contributed by atoms with Crippen LogP contribution < -0.4 is 18.9 Å². The van der Waals surface area contributed by atoms with Crippen LogP contribution in [0.5, 0.6) is 0 Å². The SMILES string of the molecule is N#C[S-].O.[Li+]. The molecule has 0 rings (SSSR count). The first kappa shape index (κ1) is 18.7. The van der Waals surface area contributed by atoms with E-state index in [1.165, 1.54) is 5.40 Å². The minimum atomic E-state index is 0. The zero-order chi connectivity index (χ0) is 2.71. The molecule has 0 aliphatic carbocycles. The van der Waals surface area contributed by atoms with Gasteiger partial charge in [-0.2, -0.15) is 0 Å². The quantitative estimate of drug-likeness (QED) is 0.171. The fraction of sp³-hybridized carbons (Fsp3) is 0. The van der Waals surface area contributed by atoms with E-state index in [4.69, 9.17) is 5.26 Å². The number of hydrogen-bond acceptors (Lipinski definition) is 2. The summed E-state index contributed by atoms with van der Waals surface area (Å²) in [6.07, 6.45) is 0. The standard InChI is InChI=1S/CHNS.Li.H2O/c2-1-3;;/h3H;;1H2/q;+1;/p-1. The molecule has 0 aromatic carbocycles. The molecule has 0 radical (unpaired) electrons. The summed E-state index contributed by atoms with van der Waals surface area (Å²) in [4.78, 5) is 0. The van der Waals surface area contributed by atoms with Crippen molar-refractivity contribution in [2.75, 3.05) is 0 Å². The predicted octanol–water partition coefficient (Wildman–Crippen LogP) is -3.81. The Labute approximate surface area is 48.1 Å². The molecular formula is CH2LiNOS. The maximum Gasteiger partial charge on any atom is 1.00 e. The van der Waals surface area contributed by atoms with Crippen molar-refractivity contribution in [3.63, 3.8) is 0 Å². The van der Waals surface area contributed by atoms with Gasteiger partial charge in [0, 0.05) is 0 Å². The van der Waals surface area contributed by atoms with Crippen LogP contribution >= 0.6 is 0 Å². The maximum absolute atomic E-state index is 7.13. The Morgan fingerprint density at radius 2 is 1.60 bits per heavy atom. The summed E-state index contributed by atoms with van der Waals surface area (Å²) in [6.45, 7) is 0. The fourth-order valence-corrected chi connectivity index (χ4v) is 0. The Morgan fingerprint density at radius 1 is 1.60 bits per heavy atom. The van der Waals surface area contributed by atoms with Gasteiger partial charge in [0.05, 0.1) is 0 Å². The molecule has 2 N–H and O–H groups in total. The first-order valence-corrected chi connectivity index (χ1v) is 0.836. The van der Waals surface area contributed by atoms with Crippen molar-refractivity contribution < 1.29 is 24.3 Å². The first-order chi connectivity index (χ1) is 1.41. The molecule has 4 heteroatoms. The normalized spacial score (nSPS) is 1.40. The van der Waals surface area contributed by atoms with Gasteiger partial charge < -0.3 is 18.1 Å². The van der Waals surface area contributed by atoms with Gasteiger partial charge >= 0.3 is 18.9 Å². The van der Waals surface area contributed by atoms with Crippen molar-refractivity contribution in [1.29, 1.82) is 5.26 Å². The van der Waals surface area contributed by atoms with E-state index >= 15 is 0 Å². The summed E-state index contributed by atoms with van der Waals surface area (Å²) in [6, 6.07) is 0. The second-order valence-corrected chi connectivity index (χ2v) is 0.274. The molecule has 0 saturated heterocycles. The summed E-state index contributed by atoms with van der Waals surface area (Å²) in [5, 5.41) is 8.47. The molecule has 0 aromatic rings. The van der Waals surface area contributed by atoms with Crippen molar-refractivity contribution in [3.05, 3.63) is 0 Å². The number of nitrogens with zero attached hydrogens (tertiary/aromatic N) is 1. The summed E-state index contributed by atoms with van der Waals surface area (Å²) >= 11 is 3.70. The molecule has 0 amide bonds. The molecule has 0 atom stereocenters. The van der Waals surface area contributed by atoms with E-state index in [-0.39, 0.29) is 24.3 Å². The minimum Gasteiger partial charge on any atom is -0.696 e. The van der Waals surface area contributed by atoms with Crippen molar-refractivity contribution >= 4 is 12.6 Å². The van der Waals surface area contributed by atoms with Gasteiger partial charge in [0.1, 0.15) is 0 Å². The summed E-state index contributed by atoms with van der Waals surface area (Å²) < 4.78 is 0. The van der Waals surface area contributed by atoms with Gasteiger partial charge in [-0.1, -0.05) is 5.40 Å². The summed E-state index contributed by atoms with van der Waals surface area (Å²) in [5.74, 6) is 0. The molecular weight excluding hydrogens is 81.0 g/mol. The average molecular weight is 83.0 g/mol. The van der Waals surface area contributed by atoms with Crippen LogP contribution in [0.2, 0.25) is 0 Å². The molecule has 0 aliphatic rings. The van der Waals surface area contributed by atoms with E-state index in [0.717, 1.165) is 0 Å². The van der Waals surface area contributed by atoms with Gasteiger partial charge in [-0.15, -0.1) is 0 Å². The zero-order valence-corrected chi connectivity index (χ0v) is 3.67. The molecule has 0 unspecified atom stereocenters. The van der Waals surface area contributed by atoms with Gasteiger partial charge in [-0.05, 0) is 0 Å². The molecule has 0 aromatic heterocycles. The van der Waals surface area contributed by atoms with E-state index < -0.39 is 0 Å². The Balaban J connectivity index is -0.0000000200. The van der Waals surface area contributed by atoms with Gasteiger partial charge in [0.25, 0.3) is 0 Å². The van der Waals surface area contributed by atoms with Crippen LogP contribution in [0.25, 0.3) is 0 Å². The third kappa shape index (κ3) is 307. The topological polar surface area (TPSA) is 55.3 Å². The fourth-order valence-electron chi connectivity index (χ4n) is 0. The van der Waals surface area contributed by atoms with Crippen LogP contribution in [-0.4, -0.2) is 5.48 Å². The average Bonchev–Trinajstić information content (AvgIpc) is 0.918. The second kappa shape index (κ2) is 28.4. The van der Waals surface area contributed by atoms with Crippen LogP contribution in [0.3, 0.4) is 0 Å². The molecule has 0 heterocycles. The Bertz CT molecular complexity index is 33.1. The third-order valence-electron chi connectivity index (χ3n) is 0. The number of rotatable bonds is 0. The van der Waals surface area contributed by atoms with Gasteiger partial charge in [0.2, 0.25) is 0 Å². The van der Waals surface area contributed by atoms with Crippen LogP contribution in [-0.2, 0) is 12.6 Å². The Kier molecular flexibility index (Phi) is 106. The third-order valence-corrected chi connectivity index (χ3v) is 0. The molecule has 0 bridgehead atoms. The zero-order valence-electron chi connectivity index (χ0n) is 2.86. The molecule has 2 nitrogen and oxygen atoms in total. The number of hydrogen-bond donors (Lipinski definition) is 0. The Morgan fingerprint density at radius 3 is 1.60 bits per heavy atom. The van der Waals surface area contributed by atoms with Crippen LogP contribution in [0.1, 0.15) is 0 Å². The van der Waals surface area contributed by atoms with Crippen LogP contribution in [0.4, 0.5) is 0 Å². The summed E-state index contributed by atoms with van der Waals surface area (Å²) in [7, 11) is 0. The van der Waals surface area contributed by atoms with E-state index in [9.17, 15) is 0 Å². The first-order valence-electron chi connectivity index (χ1n) is 0.428. The van der Waals surface area contributed by atoms with E-state index in [1.807, 2.05) is 0 Å². The largest absolute Gasteiger partial charge is 1.00 e. The van der Waals surface area contributed by atoms with Crippen LogP contribution in [0, 0.1) is 10.7 Å². The molecule has 24 valence electrons. The molecule has 0 saturated carbocycles. The predicted molar refractivity (Wildman–Crippen MR) is 16.6 cm³/mol. The van der Waals surface area contributed by atoms with Crippen molar-refractivity contribution in [1.82, 2.24) is 0 Å². The van der Waals surface area contributed by atoms with E-state index in [1.54, 1.807) is 0 Å². The number of nitriles is 1. The second-order valence-electron chi connectivity index (χ2n) is 0.0913. The van der Waals surface area contributed by atoms with E-state index in [2.05, 4.69) is 12.6 Å².